The number of benzene rings is 2. The normalized spacial score (nSPS) is 18.1. The van der Waals surface area contributed by atoms with Crippen LogP contribution in [0.25, 0.3) is 22.7 Å². The molecule has 1 aliphatic heterocycles. The predicted octanol–water partition coefficient (Wildman–Crippen LogP) is 7.17. The van der Waals surface area contributed by atoms with Gasteiger partial charge >= 0.3 is 0 Å². The molecular weight excluding hydrogens is 399 g/mol. The molecule has 0 aliphatic carbocycles. The molecule has 2 heterocycles. The number of halogens is 3. The van der Waals surface area contributed by atoms with Crippen LogP contribution >= 0.6 is 34.8 Å². The molecule has 0 N–H and O–H groups in total. The van der Waals surface area contributed by atoms with Gasteiger partial charge in [0.2, 0.25) is 0 Å². The van der Waals surface area contributed by atoms with E-state index in [-0.39, 0.29) is 0 Å². The molecule has 0 fully saturated rings. The lowest BCUT2D eigenvalue weighted by Crippen LogP contribution is -2.31. The van der Waals surface area contributed by atoms with Crippen molar-refractivity contribution in [2.24, 2.45) is 0 Å². The Morgan fingerprint density at radius 2 is 1.85 bits per heavy atom. The maximum atomic E-state index is 6.31. The molecule has 0 saturated carbocycles. The largest absolute Gasteiger partial charge is 0.318 e. The third kappa shape index (κ3) is 3.30. The highest BCUT2D eigenvalue weighted by molar-refractivity contribution is 6.42. The summed E-state index contributed by atoms with van der Waals surface area (Å²) in [5.41, 5.74) is 6.11. The number of likely N-dealkylation sites (N-methyl/N-ethyl adjacent to an activating group) is 1. The van der Waals surface area contributed by atoms with Crippen LogP contribution in [0.4, 0.5) is 0 Å². The van der Waals surface area contributed by atoms with E-state index in [1.165, 1.54) is 22.2 Å². The minimum atomic E-state index is 0.331. The van der Waals surface area contributed by atoms with Crippen molar-refractivity contribution in [2.45, 2.75) is 26.3 Å². The second kappa shape index (κ2) is 7.18. The number of hydrogen-bond acceptors (Lipinski definition) is 1. The number of nitrogens with zero attached hydrogens (tertiary/aromatic N) is 2. The molecule has 1 aliphatic rings. The van der Waals surface area contributed by atoms with Gasteiger partial charge in [-0.15, -0.1) is 0 Å². The minimum absolute atomic E-state index is 0.331. The number of allylic oxidation sites excluding steroid dienone is 1. The zero-order valence-corrected chi connectivity index (χ0v) is 17.8. The van der Waals surface area contributed by atoms with Crippen molar-refractivity contribution in [2.75, 3.05) is 13.6 Å². The van der Waals surface area contributed by atoms with E-state index in [4.69, 9.17) is 34.8 Å². The molecule has 3 aromatic rings. The summed E-state index contributed by atoms with van der Waals surface area (Å²) < 4.78 is 2.32. The van der Waals surface area contributed by atoms with Gasteiger partial charge < -0.3 is 4.57 Å². The standard InChI is InChI=1S/C22H21Cl3N2/c1-13(15-4-6-19(24)20(25)10-15)12-27-21-7-5-16(23)11-18(21)17-8-9-26(3)14(2)22(17)27/h4-7,10-12,14H,8-9H2,1-3H3/b13-12+. The van der Waals surface area contributed by atoms with Gasteiger partial charge in [0, 0.05) is 34.9 Å². The molecule has 5 heteroatoms. The molecular formula is C22H21Cl3N2. The van der Waals surface area contributed by atoms with Crippen LogP contribution in [0.2, 0.25) is 15.1 Å². The van der Waals surface area contributed by atoms with Crippen LogP contribution in [-0.2, 0) is 6.42 Å². The number of aromatic nitrogens is 1. The summed E-state index contributed by atoms with van der Waals surface area (Å²) in [6.07, 6.45) is 3.23. The molecule has 27 heavy (non-hydrogen) atoms. The lowest BCUT2D eigenvalue weighted by Gasteiger charge is -2.31. The Hall–Kier alpha value is -1.45. The molecule has 0 spiro atoms. The van der Waals surface area contributed by atoms with E-state index in [0.717, 1.165) is 29.1 Å². The maximum Gasteiger partial charge on any atom is 0.0598 e. The molecule has 0 bridgehead atoms. The van der Waals surface area contributed by atoms with Gasteiger partial charge in [-0.05, 0) is 74.3 Å². The molecule has 4 rings (SSSR count). The molecule has 140 valence electrons. The molecule has 1 aromatic heterocycles. The van der Waals surface area contributed by atoms with Gasteiger partial charge in [-0.2, -0.15) is 0 Å². The molecule has 1 atom stereocenters. The van der Waals surface area contributed by atoms with Crippen molar-refractivity contribution in [1.82, 2.24) is 9.47 Å². The van der Waals surface area contributed by atoms with Crippen molar-refractivity contribution >= 4 is 57.5 Å². The average Bonchev–Trinajstić information content (AvgIpc) is 2.94. The highest BCUT2D eigenvalue weighted by Gasteiger charge is 2.27. The summed E-state index contributed by atoms with van der Waals surface area (Å²) in [4.78, 5) is 2.39. The van der Waals surface area contributed by atoms with Crippen LogP contribution < -0.4 is 0 Å². The predicted molar refractivity (Wildman–Crippen MR) is 118 cm³/mol. The van der Waals surface area contributed by atoms with Gasteiger partial charge in [-0.25, -0.2) is 0 Å². The zero-order chi connectivity index (χ0) is 19.3. The van der Waals surface area contributed by atoms with Gasteiger partial charge in [-0.3, -0.25) is 4.90 Å². The molecule has 2 nitrogen and oxygen atoms in total. The molecule has 0 radical (unpaired) electrons. The van der Waals surface area contributed by atoms with Gasteiger partial charge in [0.15, 0.2) is 0 Å². The van der Waals surface area contributed by atoms with Gasteiger partial charge in [0.05, 0.1) is 15.6 Å². The molecule has 0 saturated heterocycles. The third-order valence-electron chi connectivity index (χ3n) is 5.58. The monoisotopic (exact) mass is 418 g/mol. The maximum absolute atomic E-state index is 6.31. The van der Waals surface area contributed by atoms with Crippen LogP contribution in [-0.4, -0.2) is 23.1 Å². The van der Waals surface area contributed by atoms with Crippen molar-refractivity contribution in [1.29, 1.82) is 0 Å². The number of hydrogen-bond donors (Lipinski definition) is 0. The summed E-state index contributed by atoms with van der Waals surface area (Å²) in [6, 6.07) is 12.3. The summed E-state index contributed by atoms with van der Waals surface area (Å²) >= 11 is 18.6. The van der Waals surface area contributed by atoms with Crippen LogP contribution in [0.5, 0.6) is 0 Å². The van der Waals surface area contributed by atoms with Gasteiger partial charge in [-0.1, -0.05) is 40.9 Å². The highest BCUT2D eigenvalue weighted by atomic mass is 35.5. The Labute approximate surface area is 174 Å². The van der Waals surface area contributed by atoms with Crippen molar-refractivity contribution in [3.05, 3.63) is 68.3 Å². The van der Waals surface area contributed by atoms with E-state index in [1.807, 2.05) is 24.3 Å². The average molecular weight is 420 g/mol. The third-order valence-corrected chi connectivity index (χ3v) is 6.56. The van der Waals surface area contributed by atoms with E-state index in [9.17, 15) is 0 Å². The van der Waals surface area contributed by atoms with Gasteiger partial charge in [0.25, 0.3) is 0 Å². The van der Waals surface area contributed by atoms with Crippen LogP contribution in [0.1, 0.15) is 36.7 Å². The quantitative estimate of drug-likeness (QED) is 0.427. The smallest absolute Gasteiger partial charge is 0.0598 e. The highest BCUT2D eigenvalue weighted by Crippen LogP contribution is 2.38. The minimum Gasteiger partial charge on any atom is -0.318 e. The zero-order valence-electron chi connectivity index (χ0n) is 15.6. The Kier molecular flexibility index (Phi) is 5.02. The molecule has 0 amide bonds. The Bertz CT molecular complexity index is 1070. The van der Waals surface area contributed by atoms with E-state index in [1.54, 1.807) is 0 Å². The fourth-order valence-corrected chi connectivity index (χ4v) is 4.40. The SMILES string of the molecule is C/C(=C\n1c2c(c3cc(Cl)ccc31)CCN(C)C2C)c1ccc(Cl)c(Cl)c1. The Morgan fingerprint density at radius 1 is 1.07 bits per heavy atom. The first-order valence-corrected chi connectivity index (χ1v) is 10.2. The molecule has 2 aromatic carbocycles. The van der Waals surface area contributed by atoms with E-state index >= 15 is 0 Å². The lowest BCUT2D eigenvalue weighted by molar-refractivity contribution is 0.242. The fourth-order valence-electron chi connectivity index (χ4n) is 3.93. The molecule has 1 unspecified atom stereocenters. The number of fused-ring (bicyclic) bond motifs is 3. The van der Waals surface area contributed by atoms with Gasteiger partial charge in [0.1, 0.15) is 0 Å². The second-order valence-corrected chi connectivity index (χ2v) is 8.49. The first-order chi connectivity index (χ1) is 12.9. The van der Waals surface area contributed by atoms with Crippen LogP contribution in [0.3, 0.4) is 0 Å². The van der Waals surface area contributed by atoms with Crippen molar-refractivity contribution in [3.8, 4) is 0 Å². The lowest BCUT2D eigenvalue weighted by atomic mass is 9.99. The first kappa shape index (κ1) is 18.9. The van der Waals surface area contributed by atoms with Crippen molar-refractivity contribution < 1.29 is 0 Å². The second-order valence-electron chi connectivity index (χ2n) is 7.24. The summed E-state index contributed by atoms with van der Waals surface area (Å²) in [5.74, 6) is 0. The number of rotatable bonds is 2. The van der Waals surface area contributed by atoms with E-state index in [0.29, 0.717) is 16.1 Å². The summed E-state index contributed by atoms with van der Waals surface area (Å²) in [7, 11) is 2.18. The summed E-state index contributed by atoms with van der Waals surface area (Å²) in [5, 5.41) is 3.16. The Balaban J connectivity index is 1.94. The fraction of sp³-hybridized carbons (Fsp3) is 0.273. The first-order valence-electron chi connectivity index (χ1n) is 9.03. The topological polar surface area (TPSA) is 8.17 Å². The van der Waals surface area contributed by atoms with Crippen molar-refractivity contribution in [3.63, 3.8) is 0 Å². The van der Waals surface area contributed by atoms with E-state index in [2.05, 4.69) is 48.7 Å². The van der Waals surface area contributed by atoms with Crippen LogP contribution in [0, 0.1) is 0 Å². The van der Waals surface area contributed by atoms with Crippen LogP contribution in [0.15, 0.2) is 36.4 Å². The summed E-state index contributed by atoms with van der Waals surface area (Å²) in [6.45, 7) is 5.41. The van der Waals surface area contributed by atoms with E-state index < -0.39 is 0 Å². The Morgan fingerprint density at radius 3 is 2.59 bits per heavy atom.